The zero-order chi connectivity index (χ0) is 12.1. The molecule has 0 amide bonds. The molecule has 0 bridgehead atoms. The molecule has 3 N–H and O–H groups in total. The predicted octanol–water partition coefficient (Wildman–Crippen LogP) is 0.330. The molecular formula is C10H18N6. The Kier molecular flexibility index (Phi) is 4.14. The van der Waals surface area contributed by atoms with Crippen molar-refractivity contribution in [1.82, 2.24) is 14.7 Å². The second kappa shape index (κ2) is 5.37. The van der Waals surface area contributed by atoms with E-state index in [1.165, 1.54) is 0 Å². The van der Waals surface area contributed by atoms with Gasteiger partial charge in [0.15, 0.2) is 5.82 Å². The van der Waals surface area contributed by atoms with Gasteiger partial charge in [0.1, 0.15) is 17.5 Å². The van der Waals surface area contributed by atoms with E-state index in [1.54, 1.807) is 4.68 Å². The summed E-state index contributed by atoms with van der Waals surface area (Å²) in [5, 5.41) is 16.3. The highest BCUT2D eigenvalue weighted by molar-refractivity contribution is 5.63. The third-order valence-electron chi connectivity index (χ3n) is 2.21. The van der Waals surface area contributed by atoms with Crippen molar-refractivity contribution in [3.63, 3.8) is 0 Å². The topological polar surface area (TPSA) is 82.9 Å². The minimum atomic E-state index is 0.431. The summed E-state index contributed by atoms with van der Waals surface area (Å²) in [6.45, 7) is 4.19. The van der Waals surface area contributed by atoms with Crippen LogP contribution in [0.1, 0.15) is 12.5 Å². The van der Waals surface area contributed by atoms with Crippen LogP contribution in [0.15, 0.2) is 0 Å². The van der Waals surface area contributed by atoms with Gasteiger partial charge in [-0.1, -0.05) is 0 Å². The number of rotatable bonds is 5. The van der Waals surface area contributed by atoms with Gasteiger partial charge in [0.2, 0.25) is 0 Å². The summed E-state index contributed by atoms with van der Waals surface area (Å²) in [6, 6.07) is 2.07. The summed E-state index contributed by atoms with van der Waals surface area (Å²) in [4.78, 5) is 2.04. The van der Waals surface area contributed by atoms with Crippen molar-refractivity contribution in [2.75, 3.05) is 38.2 Å². The van der Waals surface area contributed by atoms with E-state index < -0.39 is 0 Å². The minimum absolute atomic E-state index is 0.431. The summed E-state index contributed by atoms with van der Waals surface area (Å²) < 4.78 is 1.66. The average molecular weight is 222 g/mol. The van der Waals surface area contributed by atoms with Crippen molar-refractivity contribution in [2.45, 2.75) is 13.5 Å². The lowest BCUT2D eigenvalue weighted by Gasteiger charge is -2.09. The quantitative estimate of drug-likeness (QED) is 0.750. The van der Waals surface area contributed by atoms with Crippen LogP contribution in [0.5, 0.6) is 0 Å². The molecule has 6 heteroatoms. The Balaban J connectivity index is 2.90. The molecule has 0 aromatic carbocycles. The highest BCUT2D eigenvalue weighted by atomic mass is 15.4. The number of nitrogens with two attached hydrogens (primary N) is 1. The molecule has 0 radical (unpaired) electrons. The summed E-state index contributed by atoms with van der Waals surface area (Å²) in [7, 11) is 3.96. The van der Waals surface area contributed by atoms with Crippen LogP contribution in [-0.4, -0.2) is 41.9 Å². The van der Waals surface area contributed by atoms with Gasteiger partial charge in [0, 0.05) is 13.1 Å². The monoisotopic (exact) mass is 222 g/mol. The summed E-state index contributed by atoms with van der Waals surface area (Å²) >= 11 is 0. The summed E-state index contributed by atoms with van der Waals surface area (Å²) in [6.07, 6.45) is 0. The van der Waals surface area contributed by atoms with E-state index in [4.69, 9.17) is 11.0 Å². The first-order valence-corrected chi connectivity index (χ1v) is 5.25. The van der Waals surface area contributed by atoms with E-state index in [9.17, 15) is 0 Å². The molecule has 16 heavy (non-hydrogen) atoms. The molecule has 88 valence electrons. The lowest BCUT2D eigenvalue weighted by atomic mass is 10.3. The molecule has 1 heterocycles. The number of nitrogens with zero attached hydrogens (tertiary/aromatic N) is 4. The third kappa shape index (κ3) is 2.64. The first-order valence-electron chi connectivity index (χ1n) is 5.25. The second-order valence-electron chi connectivity index (χ2n) is 3.78. The van der Waals surface area contributed by atoms with Gasteiger partial charge in [-0.3, -0.25) is 0 Å². The van der Waals surface area contributed by atoms with Crippen molar-refractivity contribution in [3.05, 3.63) is 5.56 Å². The van der Waals surface area contributed by atoms with Crippen molar-refractivity contribution in [2.24, 2.45) is 0 Å². The van der Waals surface area contributed by atoms with E-state index in [-0.39, 0.29) is 0 Å². The van der Waals surface area contributed by atoms with Crippen molar-refractivity contribution < 1.29 is 0 Å². The van der Waals surface area contributed by atoms with Crippen molar-refractivity contribution in [1.29, 1.82) is 5.26 Å². The maximum Gasteiger partial charge on any atom is 0.168 e. The number of nitrogen functional groups attached to an aromatic ring is 1. The van der Waals surface area contributed by atoms with Gasteiger partial charge in [-0.2, -0.15) is 10.4 Å². The Labute approximate surface area is 95.6 Å². The fraction of sp³-hybridized carbons (Fsp3) is 0.600. The maximum atomic E-state index is 8.98. The molecule has 0 aliphatic carbocycles. The van der Waals surface area contributed by atoms with Crippen LogP contribution >= 0.6 is 0 Å². The van der Waals surface area contributed by atoms with E-state index in [1.807, 2.05) is 25.9 Å². The molecule has 6 nitrogen and oxygen atoms in total. The largest absolute Gasteiger partial charge is 0.383 e. The van der Waals surface area contributed by atoms with E-state index in [0.717, 1.165) is 13.1 Å². The molecule has 0 atom stereocenters. The van der Waals surface area contributed by atoms with Gasteiger partial charge >= 0.3 is 0 Å². The molecule has 1 aromatic heterocycles. The first-order chi connectivity index (χ1) is 7.60. The van der Waals surface area contributed by atoms with Gasteiger partial charge in [-0.25, -0.2) is 4.68 Å². The van der Waals surface area contributed by atoms with Crippen LogP contribution in [0.2, 0.25) is 0 Å². The number of hydrogen-bond donors (Lipinski definition) is 2. The predicted molar refractivity (Wildman–Crippen MR) is 64.1 cm³/mol. The Morgan fingerprint density at radius 3 is 2.75 bits per heavy atom. The fourth-order valence-corrected chi connectivity index (χ4v) is 1.34. The zero-order valence-corrected chi connectivity index (χ0v) is 9.99. The molecule has 0 fully saturated rings. The van der Waals surface area contributed by atoms with Gasteiger partial charge in [0.05, 0.1) is 6.54 Å². The van der Waals surface area contributed by atoms with E-state index in [0.29, 0.717) is 23.7 Å². The number of hydrogen-bond acceptors (Lipinski definition) is 5. The lowest BCUT2D eigenvalue weighted by molar-refractivity contribution is 0.375. The molecule has 1 rings (SSSR count). The average Bonchev–Trinajstić information content (AvgIpc) is 2.52. The van der Waals surface area contributed by atoms with Crippen LogP contribution in [0.4, 0.5) is 11.6 Å². The van der Waals surface area contributed by atoms with Crippen LogP contribution in [0, 0.1) is 11.3 Å². The second-order valence-corrected chi connectivity index (χ2v) is 3.78. The number of anilines is 2. The standard InChI is InChI=1S/C10H18N6/c1-4-13-10-8(7-11)9(12)16(14-10)6-5-15(2)3/h4-6,12H2,1-3H3,(H,13,14). The SMILES string of the molecule is CCNc1nn(CCN(C)C)c(N)c1C#N. The molecule has 0 aliphatic heterocycles. The van der Waals surface area contributed by atoms with Gasteiger partial charge in [-0.15, -0.1) is 0 Å². The van der Waals surface area contributed by atoms with E-state index >= 15 is 0 Å². The highest BCUT2D eigenvalue weighted by Gasteiger charge is 2.14. The number of nitriles is 1. The number of nitrogens with one attached hydrogen (secondary N) is 1. The smallest absolute Gasteiger partial charge is 0.168 e. The van der Waals surface area contributed by atoms with Crippen LogP contribution in [0.3, 0.4) is 0 Å². The Hall–Kier alpha value is -1.74. The fourth-order valence-electron chi connectivity index (χ4n) is 1.34. The zero-order valence-electron chi connectivity index (χ0n) is 9.99. The molecule has 0 saturated carbocycles. The minimum Gasteiger partial charge on any atom is -0.383 e. The summed E-state index contributed by atoms with van der Waals surface area (Å²) in [5.74, 6) is 1.00. The number of aromatic nitrogens is 2. The highest BCUT2D eigenvalue weighted by Crippen LogP contribution is 2.20. The molecule has 1 aromatic rings. The molecule has 0 aliphatic rings. The number of likely N-dealkylation sites (N-methyl/N-ethyl adjacent to an activating group) is 1. The van der Waals surface area contributed by atoms with Crippen molar-refractivity contribution in [3.8, 4) is 6.07 Å². The Bertz CT molecular complexity index is 387. The van der Waals surface area contributed by atoms with Crippen molar-refractivity contribution >= 4 is 11.6 Å². The first kappa shape index (κ1) is 12.3. The summed E-state index contributed by atoms with van der Waals surface area (Å²) in [5.41, 5.74) is 6.28. The normalized spacial score (nSPS) is 10.4. The molecule has 0 unspecified atom stereocenters. The molecular weight excluding hydrogens is 204 g/mol. The maximum absolute atomic E-state index is 8.98. The van der Waals surface area contributed by atoms with Gasteiger partial charge < -0.3 is 16.0 Å². The Morgan fingerprint density at radius 1 is 1.56 bits per heavy atom. The molecule has 0 saturated heterocycles. The Morgan fingerprint density at radius 2 is 2.25 bits per heavy atom. The molecule has 0 spiro atoms. The van der Waals surface area contributed by atoms with E-state index in [2.05, 4.69) is 16.5 Å². The van der Waals surface area contributed by atoms with Gasteiger partial charge in [0.25, 0.3) is 0 Å². The lowest BCUT2D eigenvalue weighted by Crippen LogP contribution is -2.20. The third-order valence-corrected chi connectivity index (χ3v) is 2.21. The van der Waals surface area contributed by atoms with Gasteiger partial charge in [-0.05, 0) is 21.0 Å². The van der Waals surface area contributed by atoms with Crippen LogP contribution in [-0.2, 0) is 6.54 Å². The van der Waals surface area contributed by atoms with Crippen LogP contribution in [0.25, 0.3) is 0 Å². The van der Waals surface area contributed by atoms with Crippen LogP contribution < -0.4 is 11.1 Å².